The SMILES string of the molecule is COc1cc2nc(N)n(Cc3cccc(-c4ccc(=O)n(Cc5cccc(C(=O)O)c5)n4)c3)c2cc1OC.[LiH]. The summed E-state index contributed by atoms with van der Waals surface area (Å²) in [6, 6.07) is 21.0. The molecule has 0 spiro atoms. The van der Waals surface area contributed by atoms with Crippen LogP contribution in [0.4, 0.5) is 5.95 Å². The van der Waals surface area contributed by atoms with Crippen molar-refractivity contribution in [2.75, 3.05) is 20.0 Å². The average Bonchev–Trinajstić information content (AvgIpc) is 3.22. The van der Waals surface area contributed by atoms with Crippen LogP contribution < -0.4 is 20.8 Å². The van der Waals surface area contributed by atoms with Gasteiger partial charge < -0.3 is 24.9 Å². The summed E-state index contributed by atoms with van der Waals surface area (Å²) < 4.78 is 14.0. The van der Waals surface area contributed by atoms with E-state index >= 15 is 0 Å². The van der Waals surface area contributed by atoms with E-state index in [1.165, 1.54) is 22.9 Å². The second kappa shape index (κ2) is 11.5. The normalized spacial score (nSPS) is 10.7. The van der Waals surface area contributed by atoms with Gasteiger partial charge in [-0.2, -0.15) is 5.10 Å². The number of nitrogens with two attached hydrogens (primary N) is 1. The minimum absolute atomic E-state index is 0. The molecule has 194 valence electrons. The molecule has 0 radical (unpaired) electrons. The molecular weight excluding hydrogens is 493 g/mol. The van der Waals surface area contributed by atoms with Crippen LogP contribution in [0, 0.1) is 0 Å². The molecule has 0 unspecified atom stereocenters. The number of carboxylic acid groups (broad SMARTS) is 1. The Morgan fingerprint density at radius 2 is 1.62 bits per heavy atom. The molecule has 2 aromatic heterocycles. The number of aromatic nitrogens is 4. The summed E-state index contributed by atoms with van der Waals surface area (Å²) in [5.74, 6) is 0.482. The Hall–Kier alpha value is -4.52. The fourth-order valence-corrected chi connectivity index (χ4v) is 4.34. The molecule has 10 nitrogen and oxygen atoms in total. The summed E-state index contributed by atoms with van der Waals surface area (Å²) in [5.41, 5.74) is 10.7. The van der Waals surface area contributed by atoms with Gasteiger partial charge in [-0.05, 0) is 35.4 Å². The van der Waals surface area contributed by atoms with Crippen LogP contribution in [0.25, 0.3) is 22.3 Å². The summed E-state index contributed by atoms with van der Waals surface area (Å²) in [5, 5.41) is 13.8. The number of rotatable bonds is 8. The molecule has 0 aliphatic carbocycles. The van der Waals surface area contributed by atoms with E-state index in [2.05, 4.69) is 10.1 Å². The summed E-state index contributed by atoms with van der Waals surface area (Å²) >= 11 is 0. The van der Waals surface area contributed by atoms with Gasteiger partial charge in [0.2, 0.25) is 5.95 Å². The van der Waals surface area contributed by atoms with E-state index in [0.717, 1.165) is 16.6 Å². The summed E-state index contributed by atoms with van der Waals surface area (Å²) in [7, 11) is 3.15. The van der Waals surface area contributed by atoms with Crippen molar-refractivity contribution in [1.82, 2.24) is 19.3 Å². The van der Waals surface area contributed by atoms with Crippen molar-refractivity contribution in [3.63, 3.8) is 0 Å². The molecule has 39 heavy (non-hydrogen) atoms. The van der Waals surface area contributed by atoms with Crippen LogP contribution in [0.3, 0.4) is 0 Å². The Labute approximate surface area is 235 Å². The molecule has 0 amide bonds. The van der Waals surface area contributed by atoms with Gasteiger partial charge in [0.25, 0.3) is 5.56 Å². The molecule has 0 saturated carbocycles. The Balaban J connectivity index is 0.00000353. The van der Waals surface area contributed by atoms with E-state index in [0.29, 0.717) is 40.8 Å². The number of nitrogens with zero attached hydrogens (tertiary/aromatic N) is 4. The second-order valence-corrected chi connectivity index (χ2v) is 8.67. The zero-order valence-electron chi connectivity index (χ0n) is 20.8. The number of ether oxygens (including phenoxy) is 2. The standard InChI is InChI=1S/C28H25N5O5.Li.H/c1-37-24-13-22-23(14-25(24)38-2)32(28(29)30-22)15-17-5-3-7-19(11-17)21-9-10-26(34)33(31-21)16-18-6-4-8-20(12-18)27(35)36;;/h3-14H,15-16H2,1-2H3,(H2,29,30)(H,35,36);;. The first-order chi connectivity index (χ1) is 18.4. The topological polar surface area (TPSA) is 134 Å². The van der Waals surface area contributed by atoms with Crippen LogP contribution in [-0.4, -0.2) is 63.5 Å². The average molecular weight is 519 g/mol. The number of aromatic carboxylic acids is 1. The first-order valence-electron chi connectivity index (χ1n) is 11.7. The van der Waals surface area contributed by atoms with Crippen molar-refractivity contribution >= 4 is 41.8 Å². The van der Waals surface area contributed by atoms with Crippen molar-refractivity contribution < 1.29 is 19.4 Å². The van der Waals surface area contributed by atoms with Crippen molar-refractivity contribution in [2.24, 2.45) is 0 Å². The van der Waals surface area contributed by atoms with Crippen molar-refractivity contribution in [3.8, 4) is 22.8 Å². The first-order valence-corrected chi connectivity index (χ1v) is 11.7. The number of nitrogen functional groups attached to an aromatic ring is 1. The summed E-state index contributed by atoms with van der Waals surface area (Å²) in [6.45, 7) is 0.601. The third kappa shape index (κ3) is 5.67. The number of carbonyl (C=O) groups is 1. The summed E-state index contributed by atoms with van der Waals surface area (Å²) in [6.07, 6.45) is 0. The van der Waals surface area contributed by atoms with Crippen LogP contribution in [0.5, 0.6) is 11.5 Å². The monoisotopic (exact) mass is 519 g/mol. The van der Waals surface area contributed by atoms with E-state index in [9.17, 15) is 14.7 Å². The Morgan fingerprint density at radius 1 is 0.923 bits per heavy atom. The molecule has 3 N–H and O–H groups in total. The zero-order valence-corrected chi connectivity index (χ0v) is 20.8. The molecule has 2 heterocycles. The van der Waals surface area contributed by atoms with Gasteiger partial charge in [-0.3, -0.25) is 4.79 Å². The van der Waals surface area contributed by atoms with Gasteiger partial charge in [-0.1, -0.05) is 30.3 Å². The molecule has 0 bridgehead atoms. The summed E-state index contributed by atoms with van der Waals surface area (Å²) in [4.78, 5) is 28.3. The van der Waals surface area contributed by atoms with Gasteiger partial charge >= 0.3 is 24.8 Å². The van der Waals surface area contributed by atoms with E-state index in [4.69, 9.17) is 15.2 Å². The molecule has 3 aromatic carbocycles. The number of benzene rings is 3. The van der Waals surface area contributed by atoms with Gasteiger partial charge in [-0.15, -0.1) is 0 Å². The fourth-order valence-electron chi connectivity index (χ4n) is 4.34. The molecule has 0 aliphatic rings. The third-order valence-corrected chi connectivity index (χ3v) is 6.22. The fraction of sp³-hybridized carbons (Fsp3) is 0.143. The zero-order chi connectivity index (χ0) is 26.8. The molecule has 11 heteroatoms. The molecule has 0 fully saturated rings. The van der Waals surface area contributed by atoms with Crippen LogP contribution >= 0.6 is 0 Å². The predicted molar refractivity (Wildman–Crippen MR) is 150 cm³/mol. The van der Waals surface area contributed by atoms with E-state index < -0.39 is 5.97 Å². The molecular formula is C28H26LiN5O5. The predicted octanol–water partition coefficient (Wildman–Crippen LogP) is 3.01. The van der Waals surface area contributed by atoms with E-state index in [1.54, 1.807) is 38.5 Å². The van der Waals surface area contributed by atoms with Gasteiger partial charge in [0, 0.05) is 23.8 Å². The second-order valence-electron chi connectivity index (χ2n) is 8.67. The van der Waals surface area contributed by atoms with Gasteiger partial charge in [0.05, 0.1) is 49.6 Å². The van der Waals surface area contributed by atoms with Crippen molar-refractivity contribution in [1.29, 1.82) is 0 Å². The maximum absolute atomic E-state index is 12.5. The maximum atomic E-state index is 12.5. The number of anilines is 1. The quantitative estimate of drug-likeness (QED) is 0.299. The Bertz CT molecular complexity index is 1730. The molecule has 5 rings (SSSR count). The van der Waals surface area contributed by atoms with Gasteiger partial charge in [0.15, 0.2) is 11.5 Å². The minimum atomic E-state index is -1.03. The molecule has 0 atom stereocenters. The van der Waals surface area contributed by atoms with Crippen LogP contribution in [0.2, 0.25) is 0 Å². The molecule has 5 aromatic rings. The van der Waals surface area contributed by atoms with Gasteiger partial charge in [0.1, 0.15) is 0 Å². The number of hydrogen-bond acceptors (Lipinski definition) is 7. The van der Waals surface area contributed by atoms with E-state index in [-0.39, 0.29) is 36.5 Å². The van der Waals surface area contributed by atoms with Crippen LogP contribution in [0.1, 0.15) is 21.5 Å². The number of fused-ring (bicyclic) bond motifs is 1. The number of carboxylic acids is 1. The van der Waals surface area contributed by atoms with Crippen molar-refractivity contribution in [3.05, 3.63) is 99.8 Å². The van der Waals surface area contributed by atoms with Crippen LogP contribution in [-0.2, 0) is 13.1 Å². The number of hydrogen-bond donors (Lipinski definition) is 2. The number of imidazole rings is 1. The molecule has 0 aliphatic heterocycles. The number of methoxy groups -OCH3 is 2. The van der Waals surface area contributed by atoms with Gasteiger partial charge in [-0.25, -0.2) is 14.5 Å². The van der Waals surface area contributed by atoms with E-state index in [1.807, 2.05) is 34.9 Å². The Kier molecular flexibility index (Phi) is 8.09. The van der Waals surface area contributed by atoms with Crippen molar-refractivity contribution in [2.45, 2.75) is 13.1 Å². The Morgan fingerprint density at radius 3 is 2.33 bits per heavy atom. The first kappa shape index (κ1) is 27.5. The third-order valence-electron chi connectivity index (χ3n) is 6.22. The molecule has 0 saturated heterocycles. The van der Waals surface area contributed by atoms with Crippen LogP contribution in [0.15, 0.2) is 77.6 Å².